The van der Waals surface area contributed by atoms with E-state index in [1.165, 1.54) is 17.8 Å². The Bertz CT molecular complexity index is 790. The second-order valence-corrected chi connectivity index (χ2v) is 7.41. The lowest BCUT2D eigenvalue weighted by Crippen LogP contribution is -2.24. The number of nitrogens with zero attached hydrogens (tertiary/aromatic N) is 1. The number of rotatable bonds is 6. The Morgan fingerprint density at radius 1 is 1.08 bits per heavy atom. The zero-order valence-corrected chi connectivity index (χ0v) is 16.3. The Morgan fingerprint density at radius 3 is 2.15 bits per heavy atom. The van der Waals surface area contributed by atoms with Crippen molar-refractivity contribution >= 4 is 21.5 Å². The number of hydrogen-bond acceptors (Lipinski definition) is 5. The summed E-state index contributed by atoms with van der Waals surface area (Å²) in [5.74, 6) is 0. The number of benzene rings is 2. The molecule has 2 aromatic carbocycles. The second-order valence-electron chi connectivity index (χ2n) is 5.99. The standard InChI is InChI=1S/C12H20N2O.C7H8O3S/c1-3-14(7-4-8-15)11-5-6-12(13)10(2)9-11;1-6-2-4-7(5-3-6)11(8,9)10/h5-6,9,15H,3-4,7-8,13H2,1-2H3;2-5H,1H3,(H,8,9,10). The van der Waals surface area contributed by atoms with Crippen LogP contribution in [0.5, 0.6) is 0 Å². The van der Waals surface area contributed by atoms with E-state index in [-0.39, 0.29) is 11.5 Å². The average Bonchev–Trinajstić information content (AvgIpc) is 2.59. The molecule has 2 aromatic rings. The van der Waals surface area contributed by atoms with Crippen molar-refractivity contribution in [1.82, 2.24) is 0 Å². The molecule has 0 heterocycles. The van der Waals surface area contributed by atoms with Crippen LogP contribution in [0, 0.1) is 13.8 Å². The number of hydrogen-bond donors (Lipinski definition) is 3. The van der Waals surface area contributed by atoms with Crippen LogP contribution in [0.15, 0.2) is 47.4 Å². The molecule has 0 saturated heterocycles. The topological polar surface area (TPSA) is 104 Å². The van der Waals surface area contributed by atoms with Gasteiger partial charge in [0.05, 0.1) is 4.90 Å². The molecule has 144 valence electrons. The first-order valence-corrected chi connectivity index (χ1v) is 9.89. The Hall–Kier alpha value is -2.09. The van der Waals surface area contributed by atoms with Crippen molar-refractivity contribution in [3.05, 3.63) is 53.6 Å². The van der Waals surface area contributed by atoms with E-state index < -0.39 is 10.1 Å². The molecule has 6 nitrogen and oxygen atoms in total. The van der Waals surface area contributed by atoms with Crippen molar-refractivity contribution in [3.63, 3.8) is 0 Å². The molecule has 0 fully saturated rings. The summed E-state index contributed by atoms with van der Waals surface area (Å²) < 4.78 is 29.6. The number of aliphatic hydroxyl groups is 1. The molecule has 0 unspecified atom stereocenters. The van der Waals surface area contributed by atoms with Gasteiger partial charge in [0.15, 0.2) is 0 Å². The molecule has 0 amide bonds. The van der Waals surface area contributed by atoms with E-state index in [0.29, 0.717) is 0 Å². The zero-order valence-electron chi connectivity index (χ0n) is 15.5. The predicted octanol–water partition coefficient (Wildman–Crippen LogP) is 3.03. The van der Waals surface area contributed by atoms with Gasteiger partial charge in [-0.05, 0) is 63.1 Å². The van der Waals surface area contributed by atoms with E-state index in [4.69, 9.17) is 15.4 Å². The Kier molecular flexibility index (Phi) is 8.57. The molecule has 2 rings (SSSR count). The van der Waals surface area contributed by atoms with Gasteiger partial charge in [-0.25, -0.2) is 0 Å². The van der Waals surface area contributed by atoms with Crippen LogP contribution < -0.4 is 10.6 Å². The molecular formula is C19H28N2O4S. The number of nitrogens with two attached hydrogens (primary N) is 1. The molecule has 0 radical (unpaired) electrons. The van der Waals surface area contributed by atoms with Gasteiger partial charge >= 0.3 is 0 Å². The van der Waals surface area contributed by atoms with Crippen molar-refractivity contribution in [3.8, 4) is 0 Å². The lowest BCUT2D eigenvalue weighted by Gasteiger charge is -2.23. The van der Waals surface area contributed by atoms with Gasteiger partial charge in [0.1, 0.15) is 0 Å². The van der Waals surface area contributed by atoms with Gasteiger partial charge in [0.2, 0.25) is 0 Å². The van der Waals surface area contributed by atoms with Crippen LogP contribution in [-0.4, -0.2) is 37.8 Å². The highest BCUT2D eigenvalue weighted by atomic mass is 32.2. The van der Waals surface area contributed by atoms with Crippen LogP contribution in [-0.2, 0) is 10.1 Å². The van der Waals surface area contributed by atoms with E-state index in [2.05, 4.69) is 17.9 Å². The van der Waals surface area contributed by atoms with E-state index in [0.717, 1.165) is 36.3 Å². The van der Waals surface area contributed by atoms with Gasteiger partial charge < -0.3 is 15.7 Å². The van der Waals surface area contributed by atoms with Gasteiger partial charge in [0.25, 0.3) is 10.1 Å². The number of aliphatic hydroxyl groups excluding tert-OH is 1. The van der Waals surface area contributed by atoms with E-state index in [9.17, 15) is 8.42 Å². The van der Waals surface area contributed by atoms with E-state index in [1.807, 2.05) is 26.0 Å². The van der Waals surface area contributed by atoms with Crippen LogP contribution in [0.2, 0.25) is 0 Å². The Balaban J connectivity index is 0.000000273. The summed E-state index contributed by atoms with van der Waals surface area (Å²) in [4.78, 5) is 2.17. The lowest BCUT2D eigenvalue weighted by molar-refractivity contribution is 0.289. The predicted molar refractivity (Wildman–Crippen MR) is 106 cm³/mol. The SMILES string of the molecule is CCN(CCCO)c1ccc(N)c(C)c1.Cc1ccc(S(=O)(=O)O)cc1. The largest absolute Gasteiger partial charge is 0.399 e. The summed E-state index contributed by atoms with van der Waals surface area (Å²) in [7, 11) is -4.02. The monoisotopic (exact) mass is 380 g/mol. The summed E-state index contributed by atoms with van der Waals surface area (Å²) in [5.41, 5.74) is 9.84. The highest BCUT2D eigenvalue weighted by molar-refractivity contribution is 7.85. The minimum absolute atomic E-state index is 0.0666. The molecule has 0 aliphatic rings. The molecule has 0 spiro atoms. The Labute approximate surface area is 156 Å². The fourth-order valence-electron chi connectivity index (χ4n) is 2.30. The van der Waals surface area contributed by atoms with Crippen LogP contribution >= 0.6 is 0 Å². The van der Waals surface area contributed by atoms with E-state index >= 15 is 0 Å². The fourth-order valence-corrected chi connectivity index (χ4v) is 2.78. The van der Waals surface area contributed by atoms with Gasteiger partial charge in [-0.15, -0.1) is 0 Å². The first-order chi connectivity index (χ1) is 12.2. The summed E-state index contributed by atoms with van der Waals surface area (Å²) in [6.07, 6.45) is 0.803. The average molecular weight is 381 g/mol. The fraction of sp³-hybridized carbons (Fsp3) is 0.368. The van der Waals surface area contributed by atoms with Gasteiger partial charge in [0, 0.05) is 31.1 Å². The summed E-state index contributed by atoms with van der Waals surface area (Å²) in [5, 5.41) is 8.81. The molecule has 0 atom stereocenters. The number of anilines is 2. The minimum Gasteiger partial charge on any atom is -0.399 e. The third kappa shape index (κ3) is 7.03. The summed E-state index contributed by atoms with van der Waals surface area (Å²) >= 11 is 0. The molecule has 0 aliphatic carbocycles. The molecule has 4 N–H and O–H groups in total. The van der Waals surface area contributed by atoms with Crippen molar-refractivity contribution in [1.29, 1.82) is 0 Å². The molecule has 0 aliphatic heterocycles. The minimum atomic E-state index is -4.02. The van der Waals surface area contributed by atoms with E-state index in [1.54, 1.807) is 12.1 Å². The molecule has 26 heavy (non-hydrogen) atoms. The van der Waals surface area contributed by atoms with Crippen molar-refractivity contribution in [2.45, 2.75) is 32.1 Å². The number of nitrogen functional groups attached to an aromatic ring is 1. The number of aryl methyl sites for hydroxylation is 2. The Morgan fingerprint density at radius 2 is 1.69 bits per heavy atom. The zero-order chi connectivity index (χ0) is 19.7. The maximum atomic E-state index is 10.5. The second kappa shape index (κ2) is 10.2. The highest BCUT2D eigenvalue weighted by Gasteiger charge is 2.07. The third-order valence-corrected chi connectivity index (χ3v) is 4.77. The van der Waals surface area contributed by atoms with Crippen molar-refractivity contribution < 1.29 is 18.1 Å². The van der Waals surface area contributed by atoms with Gasteiger partial charge in [-0.1, -0.05) is 17.7 Å². The van der Waals surface area contributed by atoms with Crippen molar-refractivity contribution in [2.75, 3.05) is 30.3 Å². The third-order valence-electron chi connectivity index (χ3n) is 3.91. The molecule has 7 heteroatoms. The van der Waals surface area contributed by atoms with Crippen molar-refractivity contribution in [2.24, 2.45) is 0 Å². The van der Waals surface area contributed by atoms with Gasteiger partial charge in [-0.3, -0.25) is 4.55 Å². The molecular weight excluding hydrogens is 352 g/mol. The summed E-state index contributed by atoms with van der Waals surface area (Å²) in [6.45, 7) is 8.04. The van der Waals surface area contributed by atoms with Crippen LogP contribution in [0.25, 0.3) is 0 Å². The quantitative estimate of drug-likeness (QED) is 0.526. The van der Waals surface area contributed by atoms with Crippen LogP contribution in [0.4, 0.5) is 11.4 Å². The molecule has 0 aromatic heterocycles. The van der Waals surface area contributed by atoms with Gasteiger partial charge in [-0.2, -0.15) is 8.42 Å². The first-order valence-electron chi connectivity index (χ1n) is 8.45. The summed E-state index contributed by atoms with van der Waals surface area (Å²) in [6, 6.07) is 12.0. The first kappa shape index (κ1) is 22.0. The normalized spacial score (nSPS) is 10.8. The lowest BCUT2D eigenvalue weighted by atomic mass is 10.1. The maximum Gasteiger partial charge on any atom is 0.294 e. The molecule has 0 saturated carbocycles. The maximum absolute atomic E-state index is 10.5. The highest BCUT2D eigenvalue weighted by Crippen LogP contribution is 2.20. The van der Waals surface area contributed by atoms with Crippen LogP contribution in [0.3, 0.4) is 0 Å². The smallest absolute Gasteiger partial charge is 0.294 e. The molecule has 0 bridgehead atoms. The van der Waals surface area contributed by atoms with Crippen LogP contribution in [0.1, 0.15) is 24.5 Å².